The zero-order valence-electron chi connectivity index (χ0n) is 19.0. The number of rotatable bonds is 6. The fourth-order valence-corrected chi connectivity index (χ4v) is 4.63. The summed E-state index contributed by atoms with van der Waals surface area (Å²) in [5.41, 5.74) is 7.56. The lowest BCUT2D eigenvalue weighted by Crippen LogP contribution is -1.98. The molecule has 0 aliphatic heterocycles. The van der Waals surface area contributed by atoms with E-state index in [9.17, 15) is 0 Å². The van der Waals surface area contributed by atoms with Crippen LogP contribution in [0.4, 0.5) is 5.69 Å². The van der Waals surface area contributed by atoms with E-state index < -0.39 is 0 Å². The first kappa shape index (κ1) is 20.7. The maximum absolute atomic E-state index is 7.24. The highest BCUT2D eigenvalue weighted by Gasteiger charge is 2.12. The number of nitrogens with zero attached hydrogens (tertiary/aromatic N) is 3. The summed E-state index contributed by atoms with van der Waals surface area (Å²) in [4.78, 5) is 0. The van der Waals surface area contributed by atoms with Gasteiger partial charge in [0.25, 0.3) is 0 Å². The van der Waals surface area contributed by atoms with Gasteiger partial charge in [0.1, 0.15) is 0 Å². The first-order valence-electron chi connectivity index (χ1n) is 11.5. The number of anilines is 1. The van der Waals surface area contributed by atoms with Crippen LogP contribution in [0.25, 0.3) is 44.3 Å². The van der Waals surface area contributed by atoms with E-state index in [1.165, 1.54) is 28.0 Å². The molecule has 6 rings (SSSR count). The smallest absolute Gasteiger partial charge is 0.0672 e. The van der Waals surface area contributed by atoms with E-state index in [2.05, 4.69) is 99.9 Å². The second-order valence-corrected chi connectivity index (χ2v) is 8.31. The van der Waals surface area contributed by atoms with Crippen molar-refractivity contribution in [3.8, 4) is 22.5 Å². The number of fused-ring (bicyclic) bond motifs is 3. The normalized spacial score (nSPS) is 11.4. The van der Waals surface area contributed by atoms with E-state index in [1.807, 2.05) is 23.0 Å². The summed E-state index contributed by atoms with van der Waals surface area (Å²) in [5, 5.41) is 17.4. The van der Waals surface area contributed by atoms with Crippen LogP contribution in [0.1, 0.15) is 0 Å². The number of hydrogen-bond donors (Lipinski definition) is 2. The van der Waals surface area contributed by atoms with Gasteiger partial charge in [0.05, 0.1) is 16.7 Å². The third-order valence-corrected chi connectivity index (χ3v) is 6.15. The van der Waals surface area contributed by atoms with Crippen molar-refractivity contribution < 1.29 is 0 Å². The predicted molar refractivity (Wildman–Crippen MR) is 145 cm³/mol. The first-order valence-corrected chi connectivity index (χ1v) is 11.5. The Kier molecular flexibility index (Phi) is 5.20. The third kappa shape index (κ3) is 3.79. The standard InChI is InChI=1S/C30H23N5/c31-14-6-15-32-24-18-23(20-26(21-24)34-17-7-16-33-34)22-8-5-9-25(19-22)35-29-12-3-1-10-27(29)28-11-2-4-13-30(28)35/h1-21,31-32H/b15-6-,31-14?. The SMILES string of the molecule is N=C/C=C\Nc1cc(-c2cccc(-n3c4ccccc4c4ccccc43)c2)cc(-n2cccn2)c1. The maximum atomic E-state index is 7.24. The van der Waals surface area contributed by atoms with E-state index in [0.29, 0.717) is 0 Å². The molecule has 0 aliphatic rings. The minimum absolute atomic E-state index is 0.924. The first-order chi connectivity index (χ1) is 17.3. The molecule has 168 valence electrons. The molecule has 0 spiro atoms. The van der Waals surface area contributed by atoms with Gasteiger partial charge >= 0.3 is 0 Å². The van der Waals surface area contributed by atoms with Crippen LogP contribution >= 0.6 is 0 Å². The van der Waals surface area contributed by atoms with Gasteiger partial charge < -0.3 is 15.3 Å². The monoisotopic (exact) mass is 453 g/mol. The van der Waals surface area contributed by atoms with Gasteiger partial charge in [-0.15, -0.1) is 0 Å². The Morgan fingerprint density at radius 2 is 1.46 bits per heavy atom. The molecule has 2 N–H and O–H groups in total. The summed E-state index contributed by atoms with van der Waals surface area (Å²) < 4.78 is 4.18. The summed E-state index contributed by atoms with van der Waals surface area (Å²) in [6, 6.07) is 34.0. The van der Waals surface area contributed by atoms with Crippen molar-refractivity contribution in [2.24, 2.45) is 0 Å². The fraction of sp³-hybridized carbons (Fsp3) is 0. The van der Waals surface area contributed by atoms with Gasteiger partial charge in [0, 0.05) is 47.0 Å². The number of hydrogen-bond acceptors (Lipinski definition) is 3. The Balaban J connectivity index is 1.52. The van der Waals surface area contributed by atoms with Crippen molar-refractivity contribution in [2.45, 2.75) is 0 Å². The average Bonchev–Trinajstić information content (AvgIpc) is 3.56. The molecule has 0 amide bonds. The van der Waals surface area contributed by atoms with E-state index in [1.54, 1.807) is 18.5 Å². The van der Waals surface area contributed by atoms with Crippen molar-refractivity contribution >= 4 is 33.7 Å². The molecule has 35 heavy (non-hydrogen) atoms. The largest absolute Gasteiger partial charge is 0.362 e. The van der Waals surface area contributed by atoms with Crippen LogP contribution in [0.5, 0.6) is 0 Å². The van der Waals surface area contributed by atoms with E-state index >= 15 is 0 Å². The molecule has 0 unspecified atom stereocenters. The van der Waals surface area contributed by atoms with Gasteiger partial charge in [0.15, 0.2) is 0 Å². The van der Waals surface area contributed by atoms with Crippen LogP contribution in [0.2, 0.25) is 0 Å². The minimum atomic E-state index is 0.924. The molecule has 4 aromatic carbocycles. The molecule has 6 aromatic rings. The Morgan fingerprint density at radius 3 is 2.17 bits per heavy atom. The third-order valence-electron chi connectivity index (χ3n) is 6.15. The highest BCUT2D eigenvalue weighted by atomic mass is 15.3. The van der Waals surface area contributed by atoms with Gasteiger partial charge in [-0.3, -0.25) is 0 Å². The van der Waals surface area contributed by atoms with Gasteiger partial charge in [-0.2, -0.15) is 5.10 Å². The van der Waals surface area contributed by atoms with Crippen molar-refractivity contribution in [2.75, 3.05) is 5.32 Å². The van der Waals surface area contributed by atoms with Crippen LogP contribution in [0.15, 0.2) is 122 Å². The van der Waals surface area contributed by atoms with Crippen molar-refractivity contribution in [3.05, 3.63) is 122 Å². The average molecular weight is 454 g/mol. The lowest BCUT2D eigenvalue weighted by molar-refractivity contribution is 0.881. The van der Waals surface area contributed by atoms with E-state index in [0.717, 1.165) is 28.2 Å². The molecule has 0 saturated heterocycles. The number of aromatic nitrogens is 3. The van der Waals surface area contributed by atoms with Crippen molar-refractivity contribution in [3.63, 3.8) is 0 Å². The zero-order chi connectivity index (χ0) is 23.6. The van der Waals surface area contributed by atoms with Gasteiger partial charge in [-0.25, -0.2) is 4.68 Å². The number of para-hydroxylation sites is 2. The van der Waals surface area contributed by atoms with Crippen molar-refractivity contribution in [1.82, 2.24) is 14.3 Å². The molecule has 0 saturated carbocycles. The van der Waals surface area contributed by atoms with Gasteiger partial charge in [0.2, 0.25) is 0 Å². The van der Waals surface area contributed by atoms with Crippen LogP contribution in [-0.4, -0.2) is 20.6 Å². The summed E-state index contributed by atoms with van der Waals surface area (Å²) in [6.45, 7) is 0. The Morgan fingerprint density at radius 1 is 0.714 bits per heavy atom. The highest BCUT2D eigenvalue weighted by Crippen LogP contribution is 2.34. The lowest BCUT2D eigenvalue weighted by atomic mass is 10.0. The second-order valence-electron chi connectivity index (χ2n) is 8.31. The molecule has 2 heterocycles. The highest BCUT2D eigenvalue weighted by molar-refractivity contribution is 6.09. The minimum Gasteiger partial charge on any atom is -0.362 e. The van der Waals surface area contributed by atoms with Crippen LogP contribution in [-0.2, 0) is 0 Å². The van der Waals surface area contributed by atoms with E-state index in [-0.39, 0.29) is 0 Å². The van der Waals surface area contributed by atoms with Gasteiger partial charge in [-0.1, -0.05) is 48.5 Å². The summed E-state index contributed by atoms with van der Waals surface area (Å²) >= 11 is 0. The molecule has 0 fully saturated rings. The van der Waals surface area contributed by atoms with Crippen LogP contribution < -0.4 is 5.32 Å². The van der Waals surface area contributed by atoms with E-state index in [4.69, 9.17) is 5.41 Å². The predicted octanol–water partition coefficient (Wildman–Crippen LogP) is 7.21. The zero-order valence-corrected chi connectivity index (χ0v) is 19.0. The maximum Gasteiger partial charge on any atom is 0.0672 e. The summed E-state index contributed by atoms with van der Waals surface area (Å²) in [7, 11) is 0. The number of nitrogens with one attached hydrogen (secondary N) is 2. The second kappa shape index (κ2) is 8.80. The Labute approximate surface area is 203 Å². The molecule has 0 aliphatic carbocycles. The molecular formula is C30H23N5. The molecule has 0 bridgehead atoms. The summed E-state index contributed by atoms with van der Waals surface area (Å²) in [5.74, 6) is 0. The molecule has 5 heteroatoms. The Hall–Kier alpha value is -4.90. The quantitative estimate of drug-likeness (QED) is 0.262. The number of allylic oxidation sites excluding steroid dienone is 1. The lowest BCUT2D eigenvalue weighted by Gasteiger charge is -2.13. The molecule has 5 nitrogen and oxygen atoms in total. The molecule has 2 aromatic heterocycles. The van der Waals surface area contributed by atoms with Crippen molar-refractivity contribution in [1.29, 1.82) is 5.41 Å². The Bertz CT molecular complexity index is 1640. The molecule has 0 atom stereocenters. The van der Waals surface area contributed by atoms with Crippen LogP contribution in [0.3, 0.4) is 0 Å². The molecular weight excluding hydrogens is 430 g/mol. The fourth-order valence-electron chi connectivity index (χ4n) is 4.63. The van der Waals surface area contributed by atoms with Gasteiger partial charge in [-0.05, 0) is 65.7 Å². The number of benzene rings is 4. The van der Waals surface area contributed by atoms with Crippen LogP contribution in [0, 0.1) is 5.41 Å². The summed E-state index contributed by atoms with van der Waals surface area (Å²) in [6.07, 6.45) is 8.37. The molecule has 0 radical (unpaired) electrons. The topological polar surface area (TPSA) is 58.6 Å².